The van der Waals surface area contributed by atoms with E-state index in [0.717, 1.165) is 35.6 Å². The van der Waals surface area contributed by atoms with Crippen LogP contribution in [0.3, 0.4) is 0 Å². The van der Waals surface area contributed by atoms with E-state index in [9.17, 15) is 0 Å². The minimum absolute atomic E-state index is 0.813. The smallest absolute Gasteiger partial charge is 0.0124 e. The molecule has 2 rings (SSSR count). The lowest BCUT2D eigenvalue weighted by Gasteiger charge is -2.42. The van der Waals surface area contributed by atoms with Crippen LogP contribution in [0.2, 0.25) is 0 Å². The second-order valence-electron chi connectivity index (χ2n) is 8.18. The topological polar surface area (TPSA) is 12.0 Å². The molecule has 20 heavy (non-hydrogen) atoms. The highest BCUT2D eigenvalue weighted by atomic mass is 14.9. The molecule has 0 aliphatic heterocycles. The Kier molecular flexibility index (Phi) is 6.39. The second-order valence-corrected chi connectivity index (χ2v) is 8.18. The number of hydrogen-bond donors (Lipinski definition) is 1. The van der Waals surface area contributed by atoms with Crippen molar-refractivity contribution in [2.45, 2.75) is 85.1 Å². The molecule has 1 heteroatoms. The van der Waals surface area contributed by atoms with Gasteiger partial charge in [0, 0.05) is 6.04 Å². The van der Waals surface area contributed by atoms with Gasteiger partial charge in [-0.1, -0.05) is 40.5 Å². The summed E-state index contributed by atoms with van der Waals surface area (Å²) < 4.78 is 0. The van der Waals surface area contributed by atoms with Crippen LogP contribution in [0, 0.1) is 29.6 Å². The normalized spacial score (nSPS) is 40.5. The fourth-order valence-electron chi connectivity index (χ4n) is 4.98. The Morgan fingerprint density at radius 3 is 1.95 bits per heavy atom. The zero-order valence-electron chi connectivity index (χ0n) is 14.3. The molecule has 0 aromatic carbocycles. The first-order chi connectivity index (χ1) is 9.60. The van der Waals surface area contributed by atoms with Crippen molar-refractivity contribution in [3.05, 3.63) is 0 Å². The van der Waals surface area contributed by atoms with E-state index >= 15 is 0 Å². The van der Waals surface area contributed by atoms with E-state index in [1.165, 1.54) is 57.9 Å². The molecule has 2 fully saturated rings. The molecule has 0 spiro atoms. The van der Waals surface area contributed by atoms with Gasteiger partial charge in [-0.2, -0.15) is 0 Å². The van der Waals surface area contributed by atoms with Gasteiger partial charge in [0.05, 0.1) is 0 Å². The van der Waals surface area contributed by atoms with Crippen LogP contribution in [0.15, 0.2) is 0 Å². The van der Waals surface area contributed by atoms with Gasteiger partial charge in [-0.25, -0.2) is 0 Å². The van der Waals surface area contributed by atoms with E-state index < -0.39 is 0 Å². The highest BCUT2D eigenvalue weighted by Gasteiger charge is 2.35. The lowest BCUT2D eigenvalue weighted by Crippen LogP contribution is -2.46. The lowest BCUT2D eigenvalue weighted by atomic mass is 9.68. The molecule has 118 valence electrons. The molecule has 0 amide bonds. The number of rotatable bonds is 5. The molecule has 1 nitrogen and oxygen atoms in total. The molecule has 2 aliphatic rings. The maximum Gasteiger partial charge on any atom is 0.0124 e. The Bertz CT molecular complexity index is 257. The molecule has 3 unspecified atom stereocenters. The largest absolute Gasteiger partial charge is 0.313 e. The average Bonchev–Trinajstić information content (AvgIpc) is 2.40. The SMILES string of the molecule is CCCNC(C1CCC(C)CC1)C1CC(C)CC(C)C1. The van der Waals surface area contributed by atoms with Crippen molar-refractivity contribution in [1.82, 2.24) is 5.32 Å². The zero-order chi connectivity index (χ0) is 14.5. The van der Waals surface area contributed by atoms with E-state index in [-0.39, 0.29) is 0 Å². The minimum Gasteiger partial charge on any atom is -0.313 e. The number of nitrogens with one attached hydrogen (secondary N) is 1. The monoisotopic (exact) mass is 279 g/mol. The van der Waals surface area contributed by atoms with Crippen LogP contribution in [-0.2, 0) is 0 Å². The van der Waals surface area contributed by atoms with Gasteiger partial charge in [0.1, 0.15) is 0 Å². The summed E-state index contributed by atoms with van der Waals surface area (Å²) in [5.41, 5.74) is 0. The molecule has 0 bridgehead atoms. The maximum absolute atomic E-state index is 3.96. The van der Waals surface area contributed by atoms with Crippen molar-refractivity contribution in [2.75, 3.05) is 6.54 Å². The van der Waals surface area contributed by atoms with E-state index in [2.05, 4.69) is 33.0 Å². The third-order valence-corrected chi connectivity index (χ3v) is 5.92. The van der Waals surface area contributed by atoms with Crippen LogP contribution in [0.25, 0.3) is 0 Å². The predicted molar refractivity (Wildman–Crippen MR) is 88.9 cm³/mol. The standard InChI is InChI=1S/C19H37N/c1-5-10-20-19(17-8-6-14(2)7-9-17)18-12-15(3)11-16(4)13-18/h14-20H,5-13H2,1-4H3. The van der Waals surface area contributed by atoms with Crippen molar-refractivity contribution >= 4 is 0 Å². The Morgan fingerprint density at radius 1 is 0.800 bits per heavy atom. The van der Waals surface area contributed by atoms with E-state index in [0.29, 0.717) is 0 Å². The first kappa shape index (κ1) is 16.3. The molecule has 0 saturated heterocycles. The Labute approximate surface area is 127 Å². The van der Waals surface area contributed by atoms with E-state index in [1.807, 2.05) is 0 Å². The lowest BCUT2D eigenvalue weighted by molar-refractivity contribution is 0.117. The third kappa shape index (κ3) is 4.48. The molecule has 0 aromatic rings. The van der Waals surface area contributed by atoms with Crippen molar-refractivity contribution in [3.63, 3.8) is 0 Å². The van der Waals surface area contributed by atoms with Crippen LogP contribution in [0.4, 0.5) is 0 Å². The third-order valence-electron chi connectivity index (χ3n) is 5.92. The van der Waals surface area contributed by atoms with E-state index in [4.69, 9.17) is 0 Å². The fourth-order valence-corrected chi connectivity index (χ4v) is 4.98. The Balaban J connectivity index is 1.98. The second kappa shape index (κ2) is 7.82. The minimum atomic E-state index is 0.813. The first-order valence-corrected chi connectivity index (χ1v) is 9.33. The van der Waals surface area contributed by atoms with Crippen LogP contribution in [-0.4, -0.2) is 12.6 Å². The van der Waals surface area contributed by atoms with Gasteiger partial charge in [0.2, 0.25) is 0 Å². The van der Waals surface area contributed by atoms with Gasteiger partial charge in [-0.15, -0.1) is 0 Å². The summed E-state index contributed by atoms with van der Waals surface area (Å²) in [4.78, 5) is 0. The van der Waals surface area contributed by atoms with Crippen LogP contribution in [0.1, 0.15) is 79.1 Å². The molecule has 2 saturated carbocycles. The number of hydrogen-bond acceptors (Lipinski definition) is 1. The average molecular weight is 280 g/mol. The summed E-state index contributed by atoms with van der Waals surface area (Å²) in [6.45, 7) is 10.9. The van der Waals surface area contributed by atoms with Crippen molar-refractivity contribution in [2.24, 2.45) is 29.6 Å². The molecule has 1 N–H and O–H groups in total. The first-order valence-electron chi connectivity index (χ1n) is 9.33. The molecular weight excluding hydrogens is 242 g/mol. The summed E-state index contributed by atoms with van der Waals surface area (Å²) in [5.74, 6) is 4.76. The van der Waals surface area contributed by atoms with Crippen LogP contribution >= 0.6 is 0 Å². The highest BCUT2D eigenvalue weighted by Crippen LogP contribution is 2.40. The van der Waals surface area contributed by atoms with Gasteiger partial charge < -0.3 is 5.32 Å². The quantitative estimate of drug-likeness (QED) is 0.724. The molecular formula is C19H37N. The van der Waals surface area contributed by atoms with Crippen molar-refractivity contribution in [1.29, 1.82) is 0 Å². The van der Waals surface area contributed by atoms with Gasteiger partial charge in [-0.3, -0.25) is 0 Å². The predicted octanol–water partition coefficient (Wildman–Crippen LogP) is 5.25. The van der Waals surface area contributed by atoms with Gasteiger partial charge in [0.25, 0.3) is 0 Å². The highest BCUT2D eigenvalue weighted by molar-refractivity contribution is 4.89. The fraction of sp³-hybridized carbons (Fsp3) is 1.00. The van der Waals surface area contributed by atoms with Crippen molar-refractivity contribution < 1.29 is 0 Å². The van der Waals surface area contributed by atoms with Gasteiger partial charge >= 0.3 is 0 Å². The van der Waals surface area contributed by atoms with Crippen LogP contribution < -0.4 is 5.32 Å². The summed E-state index contributed by atoms with van der Waals surface area (Å²) in [5, 5.41) is 3.96. The molecule has 0 radical (unpaired) electrons. The molecule has 2 aliphatic carbocycles. The van der Waals surface area contributed by atoms with Crippen LogP contribution in [0.5, 0.6) is 0 Å². The molecule has 0 aromatic heterocycles. The summed E-state index contributed by atoms with van der Waals surface area (Å²) in [6.07, 6.45) is 11.6. The van der Waals surface area contributed by atoms with Gasteiger partial charge in [-0.05, 0) is 74.7 Å². The Morgan fingerprint density at radius 2 is 1.40 bits per heavy atom. The van der Waals surface area contributed by atoms with Gasteiger partial charge in [0.15, 0.2) is 0 Å². The van der Waals surface area contributed by atoms with Crippen molar-refractivity contribution in [3.8, 4) is 0 Å². The molecule has 3 atom stereocenters. The summed E-state index contributed by atoms with van der Waals surface area (Å²) in [7, 11) is 0. The van der Waals surface area contributed by atoms with E-state index in [1.54, 1.807) is 0 Å². The Hall–Kier alpha value is -0.0400. The molecule has 0 heterocycles. The summed E-state index contributed by atoms with van der Waals surface area (Å²) in [6, 6.07) is 0.813. The zero-order valence-corrected chi connectivity index (χ0v) is 14.3. The maximum atomic E-state index is 3.96. The summed E-state index contributed by atoms with van der Waals surface area (Å²) >= 11 is 0.